The lowest BCUT2D eigenvalue weighted by atomic mass is 10.0. The van der Waals surface area contributed by atoms with Gasteiger partial charge in [0.2, 0.25) is 0 Å². The van der Waals surface area contributed by atoms with E-state index in [1.165, 1.54) is 0 Å². The Hall–Kier alpha value is -1.89. The zero-order valence-electron chi connectivity index (χ0n) is 16.5. The molecule has 2 rings (SSSR count). The zero-order valence-corrected chi connectivity index (χ0v) is 16.5. The van der Waals surface area contributed by atoms with Crippen molar-refractivity contribution >= 4 is 5.96 Å². The highest BCUT2D eigenvalue weighted by Crippen LogP contribution is 2.15. The number of hydrogen-bond acceptors (Lipinski definition) is 3. The first-order valence-corrected chi connectivity index (χ1v) is 9.76. The number of rotatable bonds is 8. The Morgan fingerprint density at radius 1 is 1.30 bits per heavy atom. The van der Waals surface area contributed by atoms with Crippen LogP contribution >= 0.6 is 0 Å². The van der Waals surface area contributed by atoms with Crippen LogP contribution in [0.25, 0.3) is 0 Å². The highest BCUT2D eigenvalue weighted by molar-refractivity contribution is 5.80. The molecular formula is C20H32F2N4O. The van der Waals surface area contributed by atoms with Gasteiger partial charge in [-0.15, -0.1) is 0 Å². The van der Waals surface area contributed by atoms with Gasteiger partial charge in [-0.05, 0) is 51.3 Å². The van der Waals surface area contributed by atoms with E-state index in [1.807, 2.05) is 13.0 Å². The number of alkyl halides is 2. The average molecular weight is 382 g/mol. The molecule has 0 spiro atoms. The maximum absolute atomic E-state index is 12.3. The quantitative estimate of drug-likeness (QED) is 0.535. The van der Waals surface area contributed by atoms with Crippen LogP contribution in [0.1, 0.15) is 39.2 Å². The lowest BCUT2D eigenvalue weighted by Gasteiger charge is -2.35. The smallest absolute Gasteiger partial charge is 0.272 e. The average Bonchev–Trinajstić information content (AvgIpc) is 2.65. The summed E-state index contributed by atoms with van der Waals surface area (Å²) in [5, 5.41) is 6.81. The van der Waals surface area contributed by atoms with Crippen LogP contribution in [0.15, 0.2) is 29.3 Å². The van der Waals surface area contributed by atoms with E-state index >= 15 is 0 Å². The van der Waals surface area contributed by atoms with Crippen LogP contribution in [0.2, 0.25) is 0 Å². The molecule has 0 aliphatic carbocycles. The van der Waals surface area contributed by atoms with Crippen molar-refractivity contribution in [3.63, 3.8) is 0 Å². The van der Waals surface area contributed by atoms with Crippen LogP contribution in [0.5, 0.6) is 5.75 Å². The van der Waals surface area contributed by atoms with Gasteiger partial charge in [-0.2, -0.15) is 0 Å². The molecule has 0 atom stereocenters. The second kappa shape index (κ2) is 11.1. The van der Waals surface area contributed by atoms with Crippen LogP contribution in [0, 0.1) is 0 Å². The number of hydrogen-bond donors (Lipinski definition) is 2. The number of halogens is 2. The number of nitrogens with zero attached hydrogens (tertiary/aromatic N) is 2. The molecule has 2 N–H and O–H groups in total. The van der Waals surface area contributed by atoms with Crippen LogP contribution in [0.4, 0.5) is 8.78 Å². The monoisotopic (exact) mass is 382 g/mol. The number of aliphatic imine (C=N–C) groups is 1. The minimum atomic E-state index is -2.47. The molecule has 0 amide bonds. The molecule has 1 heterocycles. The first-order valence-electron chi connectivity index (χ1n) is 9.76. The summed E-state index contributed by atoms with van der Waals surface area (Å²) in [6, 6.07) is 8.17. The van der Waals surface area contributed by atoms with Gasteiger partial charge in [-0.3, -0.25) is 0 Å². The van der Waals surface area contributed by atoms with Crippen molar-refractivity contribution in [2.75, 3.05) is 26.2 Å². The lowest BCUT2D eigenvalue weighted by Crippen LogP contribution is -2.49. The Bertz CT molecular complexity index is 587. The summed E-state index contributed by atoms with van der Waals surface area (Å²) < 4.78 is 29.6. The van der Waals surface area contributed by atoms with Gasteiger partial charge >= 0.3 is 0 Å². The summed E-state index contributed by atoms with van der Waals surface area (Å²) >= 11 is 0. The second-order valence-electron chi connectivity index (χ2n) is 7.09. The van der Waals surface area contributed by atoms with Crippen molar-refractivity contribution in [1.82, 2.24) is 15.5 Å². The molecule has 1 aliphatic rings. The van der Waals surface area contributed by atoms with E-state index in [4.69, 9.17) is 4.74 Å². The van der Waals surface area contributed by atoms with Crippen molar-refractivity contribution < 1.29 is 13.5 Å². The largest absolute Gasteiger partial charge is 0.488 e. The van der Waals surface area contributed by atoms with E-state index in [0.717, 1.165) is 44.0 Å². The summed E-state index contributed by atoms with van der Waals surface area (Å²) in [7, 11) is 0. The topological polar surface area (TPSA) is 48.9 Å². The Kier molecular flexibility index (Phi) is 8.78. The molecule has 1 fully saturated rings. The molecule has 152 valence electrons. The van der Waals surface area contributed by atoms with Gasteiger partial charge in [-0.1, -0.05) is 12.1 Å². The van der Waals surface area contributed by atoms with E-state index < -0.39 is 13.0 Å². The maximum Gasteiger partial charge on any atom is 0.272 e. The molecule has 7 heteroatoms. The van der Waals surface area contributed by atoms with E-state index in [-0.39, 0.29) is 0 Å². The molecule has 0 radical (unpaired) electrons. The van der Waals surface area contributed by atoms with Gasteiger partial charge in [-0.25, -0.2) is 13.8 Å². The van der Waals surface area contributed by atoms with Crippen LogP contribution in [-0.2, 0) is 6.54 Å². The zero-order chi connectivity index (χ0) is 19.6. The van der Waals surface area contributed by atoms with Gasteiger partial charge in [0.1, 0.15) is 12.4 Å². The molecule has 0 bridgehead atoms. The molecule has 0 aromatic heterocycles. The molecule has 1 aromatic rings. The minimum absolute atomic E-state index is 0.415. The molecular weight excluding hydrogens is 350 g/mol. The predicted molar refractivity (Wildman–Crippen MR) is 106 cm³/mol. The summed E-state index contributed by atoms with van der Waals surface area (Å²) in [5.41, 5.74) is 0.925. The third-order valence-electron chi connectivity index (χ3n) is 4.64. The number of piperidine rings is 1. The van der Waals surface area contributed by atoms with Crippen LogP contribution in [-0.4, -0.2) is 55.6 Å². The Labute approximate surface area is 161 Å². The Morgan fingerprint density at radius 3 is 2.67 bits per heavy atom. The lowest BCUT2D eigenvalue weighted by molar-refractivity contribution is 0.0818. The normalized spacial score (nSPS) is 16.8. The van der Waals surface area contributed by atoms with E-state index in [0.29, 0.717) is 24.4 Å². The van der Waals surface area contributed by atoms with Crippen molar-refractivity contribution in [2.24, 2.45) is 4.99 Å². The fraction of sp³-hybridized carbons (Fsp3) is 0.650. The standard InChI is InChI=1S/C20H32F2N4O/c1-4-23-20(25-17-8-10-26(11-9-17)15(2)3)24-13-16-6-5-7-18(12-16)27-14-19(21)22/h5-7,12,15,17,19H,4,8-11,13-14H2,1-3H3,(H2,23,24,25). The third kappa shape index (κ3) is 7.71. The SMILES string of the molecule is CCNC(=NCc1cccc(OCC(F)F)c1)NC1CCN(C(C)C)CC1. The molecule has 0 saturated carbocycles. The number of likely N-dealkylation sites (tertiary alicyclic amines) is 1. The molecule has 5 nitrogen and oxygen atoms in total. The van der Waals surface area contributed by atoms with Gasteiger partial charge in [0.05, 0.1) is 6.54 Å². The summed E-state index contributed by atoms with van der Waals surface area (Å²) in [4.78, 5) is 7.14. The molecule has 1 aromatic carbocycles. The maximum atomic E-state index is 12.3. The van der Waals surface area contributed by atoms with Crippen molar-refractivity contribution in [3.05, 3.63) is 29.8 Å². The molecule has 1 saturated heterocycles. The number of benzene rings is 1. The van der Waals surface area contributed by atoms with Crippen molar-refractivity contribution in [1.29, 1.82) is 0 Å². The minimum Gasteiger partial charge on any atom is -0.488 e. The van der Waals surface area contributed by atoms with Crippen LogP contribution in [0.3, 0.4) is 0 Å². The third-order valence-corrected chi connectivity index (χ3v) is 4.64. The van der Waals surface area contributed by atoms with Crippen molar-refractivity contribution in [2.45, 2.75) is 58.7 Å². The summed E-state index contributed by atoms with van der Waals surface area (Å²) in [6.07, 6.45) is -0.280. The first kappa shape index (κ1) is 21.4. The van der Waals surface area contributed by atoms with Crippen molar-refractivity contribution in [3.8, 4) is 5.75 Å². The number of nitrogens with one attached hydrogen (secondary N) is 2. The summed E-state index contributed by atoms with van der Waals surface area (Å²) in [6.45, 7) is 9.36. The molecule has 27 heavy (non-hydrogen) atoms. The molecule has 1 aliphatic heterocycles. The van der Waals surface area contributed by atoms with Crippen LogP contribution < -0.4 is 15.4 Å². The van der Waals surface area contributed by atoms with E-state index in [9.17, 15) is 8.78 Å². The summed E-state index contributed by atoms with van der Waals surface area (Å²) in [5.74, 6) is 1.24. The fourth-order valence-corrected chi connectivity index (χ4v) is 3.14. The van der Waals surface area contributed by atoms with E-state index in [1.54, 1.807) is 18.2 Å². The fourth-order valence-electron chi connectivity index (χ4n) is 3.14. The highest BCUT2D eigenvalue weighted by Gasteiger charge is 2.21. The Morgan fingerprint density at radius 2 is 2.04 bits per heavy atom. The van der Waals surface area contributed by atoms with Gasteiger partial charge in [0, 0.05) is 31.7 Å². The molecule has 0 unspecified atom stereocenters. The van der Waals surface area contributed by atoms with Gasteiger partial charge < -0.3 is 20.3 Å². The van der Waals surface area contributed by atoms with E-state index in [2.05, 4.69) is 34.4 Å². The van der Waals surface area contributed by atoms with Gasteiger partial charge in [0.25, 0.3) is 6.43 Å². The second-order valence-corrected chi connectivity index (χ2v) is 7.09. The first-order chi connectivity index (χ1) is 13.0. The number of ether oxygens (including phenoxy) is 1. The van der Waals surface area contributed by atoms with Gasteiger partial charge in [0.15, 0.2) is 5.96 Å². The highest BCUT2D eigenvalue weighted by atomic mass is 19.3. The Balaban J connectivity index is 1.90. The predicted octanol–water partition coefficient (Wildman–Crippen LogP) is 3.26. The number of guanidine groups is 1.